The van der Waals surface area contributed by atoms with Crippen molar-refractivity contribution in [3.8, 4) is 28.7 Å². The minimum atomic E-state index is 0.0419. The first kappa shape index (κ1) is 19.2. The summed E-state index contributed by atoms with van der Waals surface area (Å²) in [6.45, 7) is 5.90. The first-order valence-electron chi connectivity index (χ1n) is 9.96. The van der Waals surface area contributed by atoms with Gasteiger partial charge in [0, 0.05) is 23.4 Å². The van der Waals surface area contributed by atoms with Crippen molar-refractivity contribution in [3.63, 3.8) is 0 Å². The van der Waals surface area contributed by atoms with E-state index in [-0.39, 0.29) is 11.8 Å². The number of benzene rings is 2. The number of phenols is 1. The number of methoxy groups -OCH3 is 1. The van der Waals surface area contributed by atoms with Gasteiger partial charge in [-0.3, -0.25) is 0 Å². The number of quaternary nitrogens is 1. The number of hydrogen-bond donors (Lipinski definition) is 2. The number of aromatic nitrogens is 1. The minimum absolute atomic E-state index is 0.0419. The summed E-state index contributed by atoms with van der Waals surface area (Å²) in [5, 5.41) is 12.5. The molecule has 152 valence electrons. The summed E-state index contributed by atoms with van der Waals surface area (Å²) in [5.41, 5.74) is 4.43. The van der Waals surface area contributed by atoms with E-state index in [1.165, 1.54) is 5.56 Å². The maximum Gasteiger partial charge on any atom is 0.163 e. The van der Waals surface area contributed by atoms with Gasteiger partial charge in [0.1, 0.15) is 6.54 Å². The average molecular weight is 395 g/mol. The van der Waals surface area contributed by atoms with Gasteiger partial charge in [-0.15, -0.1) is 0 Å². The second-order valence-electron chi connectivity index (χ2n) is 6.95. The summed E-state index contributed by atoms with van der Waals surface area (Å²) in [4.78, 5) is 0. The lowest BCUT2D eigenvalue weighted by Crippen LogP contribution is -2.83. The van der Waals surface area contributed by atoms with E-state index in [4.69, 9.17) is 14.2 Å². The Balaban J connectivity index is 1.80. The summed E-state index contributed by atoms with van der Waals surface area (Å²) >= 11 is 0. The van der Waals surface area contributed by atoms with E-state index in [1.54, 1.807) is 13.2 Å². The molecule has 1 aliphatic rings. The van der Waals surface area contributed by atoms with Gasteiger partial charge in [-0.05, 0) is 50.2 Å². The van der Waals surface area contributed by atoms with Crippen molar-refractivity contribution in [2.45, 2.75) is 26.4 Å². The number of nitrogens with two attached hydrogens (primary N) is 1. The molecule has 6 heteroatoms. The van der Waals surface area contributed by atoms with Crippen LogP contribution in [-0.2, 0) is 6.54 Å². The minimum Gasteiger partial charge on any atom is -0.504 e. The Labute approximate surface area is 170 Å². The van der Waals surface area contributed by atoms with Crippen LogP contribution < -0.4 is 19.5 Å². The standard InChI is InChI=1S/C23H26N2O4/c1-4-28-21-12-16-14-24-23(15-8-9-20(27-3)19(26)11-15)17-7-6-10-25(17)18(16)13-22(21)29-5-2/h6-13,23-24,26H,4-5,14H2,1-3H3/p+1/t23-/m0/s1. The molecule has 0 saturated carbocycles. The maximum atomic E-state index is 10.3. The number of fused-ring (bicyclic) bond motifs is 3. The molecule has 0 bridgehead atoms. The van der Waals surface area contributed by atoms with E-state index in [9.17, 15) is 5.11 Å². The van der Waals surface area contributed by atoms with Crippen molar-refractivity contribution in [1.29, 1.82) is 0 Å². The third-order valence-corrected chi connectivity index (χ3v) is 5.24. The molecular weight excluding hydrogens is 368 g/mol. The molecule has 2 heterocycles. The molecule has 0 saturated heterocycles. The molecule has 0 aliphatic carbocycles. The van der Waals surface area contributed by atoms with Crippen molar-refractivity contribution in [1.82, 2.24) is 4.57 Å². The lowest BCUT2D eigenvalue weighted by Gasteiger charge is -2.16. The van der Waals surface area contributed by atoms with Gasteiger partial charge in [0.2, 0.25) is 0 Å². The summed E-state index contributed by atoms with van der Waals surface area (Å²) < 4.78 is 19.1. The Hall–Kier alpha value is -3.12. The zero-order chi connectivity index (χ0) is 20.4. The fraction of sp³-hybridized carbons (Fsp3) is 0.304. The number of ether oxygens (including phenoxy) is 3. The highest BCUT2D eigenvalue weighted by Gasteiger charge is 2.28. The Morgan fingerprint density at radius 1 is 1.03 bits per heavy atom. The molecule has 1 atom stereocenters. The third kappa shape index (κ3) is 3.51. The van der Waals surface area contributed by atoms with E-state index < -0.39 is 0 Å². The quantitative estimate of drug-likeness (QED) is 0.673. The molecule has 0 spiro atoms. The first-order valence-corrected chi connectivity index (χ1v) is 9.96. The Morgan fingerprint density at radius 2 is 1.79 bits per heavy atom. The van der Waals surface area contributed by atoms with Gasteiger partial charge in [0.05, 0.1) is 31.7 Å². The SMILES string of the molecule is CCOc1cc2c(cc1OCC)-n1cccc1[C@H](c1ccc(OC)c(O)c1)[NH2+]C2. The molecule has 6 nitrogen and oxygen atoms in total. The van der Waals surface area contributed by atoms with Crippen LogP contribution in [0.1, 0.15) is 36.7 Å². The molecular formula is C23H27N2O4+. The Kier molecular flexibility index (Phi) is 5.36. The average Bonchev–Trinajstić information content (AvgIpc) is 3.14. The van der Waals surface area contributed by atoms with Gasteiger partial charge in [0.25, 0.3) is 0 Å². The van der Waals surface area contributed by atoms with Crippen molar-refractivity contribution in [2.24, 2.45) is 0 Å². The van der Waals surface area contributed by atoms with Crippen molar-refractivity contribution >= 4 is 0 Å². The van der Waals surface area contributed by atoms with Crippen molar-refractivity contribution in [3.05, 3.63) is 65.5 Å². The molecule has 4 rings (SSSR count). The van der Waals surface area contributed by atoms with E-state index in [0.717, 1.165) is 35.0 Å². The topological polar surface area (TPSA) is 69.5 Å². The number of aromatic hydroxyl groups is 1. The van der Waals surface area contributed by atoms with Gasteiger partial charge in [-0.2, -0.15) is 0 Å². The van der Waals surface area contributed by atoms with Gasteiger partial charge in [0.15, 0.2) is 29.0 Å². The third-order valence-electron chi connectivity index (χ3n) is 5.24. The number of phenolic OH excluding ortho intramolecular Hbond substituents is 1. The molecule has 3 aromatic rings. The lowest BCUT2D eigenvalue weighted by atomic mass is 10.0. The van der Waals surface area contributed by atoms with E-state index in [1.807, 2.05) is 32.0 Å². The molecule has 2 aromatic carbocycles. The second kappa shape index (κ2) is 8.09. The van der Waals surface area contributed by atoms with Crippen LogP contribution >= 0.6 is 0 Å². The first-order chi connectivity index (χ1) is 14.2. The Morgan fingerprint density at radius 3 is 2.48 bits per heavy atom. The molecule has 0 amide bonds. The summed E-state index contributed by atoms with van der Waals surface area (Å²) in [6.07, 6.45) is 2.07. The van der Waals surface area contributed by atoms with Crippen LogP contribution in [0, 0.1) is 0 Å². The van der Waals surface area contributed by atoms with Gasteiger partial charge in [-0.25, -0.2) is 0 Å². The molecule has 3 N–H and O–H groups in total. The zero-order valence-electron chi connectivity index (χ0n) is 17.0. The van der Waals surface area contributed by atoms with E-state index in [0.29, 0.717) is 19.0 Å². The fourth-order valence-corrected chi connectivity index (χ4v) is 3.96. The van der Waals surface area contributed by atoms with Crippen LogP contribution in [0.4, 0.5) is 0 Å². The highest BCUT2D eigenvalue weighted by Crippen LogP contribution is 2.37. The van der Waals surface area contributed by atoms with Crippen LogP contribution in [0.5, 0.6) is 23.0 Å². The smallest absolute Gasteiger partial charge is 0.163 e. The highest BCUT2D eigenvalue weighted by atomic mass is 16.5. The Bertz CT molecular complexity index is 1010. The number of rotatable bonds is 6. The fourth-order valence-electron chi connectivity index (χ4n) is 3.96. The van der Waals surface area contributed by atoms with E-state index >= 15 is 0 Å². The van der Waals surface area contributed by atoms with Crippen LogP contribution in [0.3, 0.4) is 0 Å². The van der Waals surface area contributed by atoms with Crippen molar-refractivity contribution in [2.75, 3.05) is 20.3 Å². The highest BCUT2D eigenvalue weighted by molar-refractivity contribution is 5.56. The number of hydrogen-bond acceptors (Lipinski definition) is 4. The van der Waals surface area contributed by atoms with Crippen LogP contribution in [-0.4, -0.2) is 30.0 Å². The van der Waals surface area contributed by atoms with Gasteiger partial charge >= 0.3 is 0 Å². The maximum absolute atomic E-state index is 10.3. The van der Waals surface area contributed by atoms with Gasteiger partial charge in [-0.1, -0.05) is 0 Å². The predicted octanol–water partition coefficient (Wildman–Crippen LogP) is 3.16. The van der Waals surface area contributed by atoms with E-state index in [2.05, 4.69) is 34.3 Å². The van der Waals surface area contributed by atoms with Gasteiger partial charge < -0.3 is 29.2 Å². The summed E-state index contributed by atoms with van der Waals surface area (Å²) in [7, 11) is 1.56. The number of nitrogens with zero attached hydrogens (tertiary/aromatic N) is 1. The molecule has 29 heavy (non-hydrogen) atoms. The lowest BCUT2D eigenvalue weighted by molar-refractivity contribution is -0.702. The largest absolute Gasteiger partial charge is 0.504 e. The molecule has 1 aliphatic heterocycles. The molecule has 0 radical (unpaired) electrons. The second-order valence-corrected chi connectivity index (χ2v) is 6.95. The zero-order valence-corrected chi connectivity index (χ0v) is 17.0. The monoisotopic (exact) mass is 395 g/mol. The normalized spacial score (nSPS) is 15.2. The summed E-state index contributed by atoms with van der Waals surface area (Å²) in [6, 6.07) is 14.0. The molecule has 1 aromatic heterocycles. The van der Waals surface area contributed by atoms with Crippen LogP contribution in [0.15, 0.2) is 48.7 Å². The van der Waals surface area contributed by atoms with Crippen molar-refractivity contribution < 1.29 is 24.6 Å². The summed E-state index contributed by atoms with van der Waals surface area (Å²) in [5.74, 6) is 2.16. The molecule has 0 unspecified atom stereocenters. The van der Waals surface area contributed by atoms with Crippen LogP contribution in [0.2, 0.25) is 0 Å². The molecule has 0 fully saturated rings. The predicted molar refractivity (Wildman–Crippen MR) is 110 cm³/mol. The van der Waals surface area contributed by atoms with Crippen LogP contribution in [0.25, 0.3) is 5.69 Å².